The molecule has 1 aromatic carbocycles. The van der Waals surface area contributed by atoms with E-state index in [0.29, 0.717) is 12.5 Å². The van der Waals surface area contributed by atoms with Crippen LogP contribution in [0.4, 0.5) is 0 Å². The van der Waals surface area contributed by atoms with Crippen molar-refractivity contribution in [2.45, 2.75) is 12.5 Å². The topological polar surface area (TPSA) is 58.1 Å². The summed E-state index contributed by atoms with van der Waals surface area (Å²) in [6, 6.07) is 10.0. The third kappa shape index (κ3) is 6.69. The largest absolute Gasteiger partial charge is 0.476 e. The predicted molar refractivity (Wildman–Crippen MR) is 110 cm³/mol. The Bertz CT molecular complexity index is 717. The highest BCUT2D eigenvalue weighted by molar-refractivity contribution is 9.10. The van der Waals surface area contributed by atoms with Gasteiger partial charge < -0.3 is 19.5 Å². The zero-order valence-electron chi connectivity index (χ0n) is 15.8. The minimum Gasteiger partial charge on any atom is -0.476 e. The van der Waals surface area contributed by atoms with Gasteiger partial charge in [0.1, 0.15) is 6.61 Å². The monoisotopic (exact) mass is 437 g/mol. The minimum absolute atomic E-state index is 0.0509. The van der Waals surface area contributed by atoms with Crippen molar-refractivity contribution in [2.24, 2.45) is 0 Å². The molecule has 1 N–H and O–H groups in total. The zero-order valence-corrected chi connectivity index (χ0v) is 17.4. The highest BCUT2D eigenvalue weighted by Gasteiger charge is 2.15. The smallest absolute Gasteiger partial charge is 0.213 e. The number of halogens is 1. The Morgan fingerprint density at radius 3 is 2.70 bits per heavy atom. The summed E-state index contributed by atoms with van der Waals surface area (Å²) in [5, 5.41) is 9.97. The fraction of sp³-hybridized carbons (Fsp3) is 0.550. The van der Waals surface area contributed by atoms with Crippen molar-refractivity contribution in [2.75, 3.05) is 59.6 Å². The maximum absolute atomic E-state index is 8.86. The van der Waals surface area contributed by atoms with E-state index in [4.69, 9.17) is 14.6 Å². The highest BCUT2D eigenvalue weighted by Crippen LogP contribution is 2.20. The van der Waals surface area contributed by atoms with Crippen LogP contribution in [-0.2, 0) is 4.74 Å². The molecule has 0 radical (unpaired) electrons. The number of aromatic nitrogens is 1. The van der Waals surface area contributed by atoms with Crippen molar-refractivity contribution in [3.05, 3.63) is 34.8 Å². The number of rotatable bonds is 4. The SMILES string of the molecule is Brc1ccc2nc(OCCN3CCOCC3)ccc2c1.CN1CC[C@@H](O)C1. The molecule has 6 nitrogen and oxygen atoms in total. The molecule has 0 aliphatic carbocycles. The molecule has 1 atom stereocenters. The first-order valence-electron chi connectivity index (χ1n) is 9.46. The number of aliphatic hydroxyl groups excluding tert-OH is 1. The number of likely N-dealkylation sites (N-methyl/N-ethyl adjacent to an activating group) is 1. The lowest BCUT2D eigenvalue weighted by Gasteiger charge is -2.26. The first kappa shape index (κ1) is 20.5. The molecule has 0 saturated carbocycles. The Kier molecular flexibility index (Phi) is 7.84. The Morgan fingerprint density at radius 2 is 2.04 bits per heavy atom. The van der Waals surface area contributed by atoms with Crippen LogP contribution >= 0.6 is 15.9 Å². The molecule has 0 amide bonds. The van der Waals surface area contributed by atoms with E-state index in [1.54, 1.807) is 0 Å². The molecular weight excluding hydrogens is 410 g/mol. The van der Waals surface area contributed by atoms with Crippen molar-refractivity contribution in [3.63, 3.8) is 0 Å². The number of morpholine rings is 1. The van der Waals surface area contributed by atoms with Crippen LogP contribution in [0.3, 0.4) is 0 Å². The Balaban J connectivity index is 0.000000253. The number of likely N-dealkylation sites (tertiary alicyclic amines) is 1. The van der Waals surface area contributed by atoms with Crippen molar-refractivity contribution in [1.29, 1.82) is 0 Å². The molecule has 0 spiro atoms. The van der Waals surface area contributed by atoms with Crippen LogP contribution in [0, 0.1) is 0 Å². The van der Waals surface area contributed by atoms with E-state index in [1.165, 1.54) is 0 Å². The predicted octanol–water partition coefficient (Wildman–Crippen LogP) is 2.39. The summed E-state index contributed by atoms with van der Waals surface area (Å²) in [4.78, 5) is 8.99. The lowest BCUT2D eigenvalue weighted by molar-refractivity contribution is 0.0320. The summed E-state index contributed by atoms with van der Waals surface area (Å²) in [6.45, 7) is 7.12. The second-order valence-electron chi connectivity index (χ2n) is 6.99. The molecule has 3 heterocycles. The summed E-state index contributed by atoms with van der Waals surface area (Å²) in [6.07, 6.45) is 0.904. The molecule has 2 aromatic rings. The van der Waals surface area contributed by atoms with Gasteiger partial charge in [-0.2, -0.15) is 0 Å². The third-order valence-corrected chi connectivity index (χ3v) is 5.25. The minimum atomic E-state index is -0.0509. The number of aliphatic hydroxyl groups is 1. The van der Waals surface area contributed by atoms with E-state index in [-0.39, 0.29) is 6.10 Å². The van der Waals surface area contributed by atoms with Crippen molar-refractivity contribution >= 4 is 26.8 Å². The van der Waals surface area contributed by atoms with Crippen molar-refractivity contribution < 1.29 is 14.6 Å². The van der Waals surface area contributed by atoms with Crippen molar-refractivity contribution in [1.82, 2.24) is 14.8 Å². The van der Waals surface area contributed by atoms with Gasteiger partial charge in [0, 0.05) is 48.6 Å². The quantitative estimate of drug-likeness (QED) is 0.792. The van der Waals surface area contributed by atoms with Gasteiger partial charge in [-0.3, -0.25) is 4.90 Å². The molecule has 4 rings (SSSR count). The summed E-state index contributed by atoms with van der Waals surface area (Å²) < 4.78 is 12.1. The fourth-order valence-corrected chi connectivity index (χ4v) is 3.55. The van der Waals surface area contributed by atoms with Gasteiger partial charge in [0.15, 0.2) is 0 Å². The molecule has 148 valence electrons. The molecule has 1 aromatic heterocycles. The van der Waals surface area contributed by atoms with E-state index in [2.05, 4.69) is 36.8 Å². The number of pyridine rings is 1. The van der Waals surface area contributed by atoms with Crippen LogP contribution in [0.1, 0.15) is 6.42 Å². The van der Waals surface area contributed by atoms with Gasteiger partial charge in [-0.1, -0.05) is 15.9 Å². The van der Waals surface area contributed by atoms with E-state index in [1.807, 2.05) is 31.3 Å². The molecule has 2 saturated heterocycles. The Morgan fingerprint density at radius 1 is 1.22 bits per heavy atom. The first-order chi connectivity index (χ1) is 13.1. The molecule has 2 aliphatic rings. The first-order valence-corrected chi connectivity index (χ1v) is 10.3. The average molecular weight is 438 g/mol. The summed E-state index contributed by atoms with van der Waals surface area (Å²) in [5.41, 5.74) is 0.956. The van der Waals surface area contributed by atoms with Gasteiger partial charge >= 0.3 is 0 Å². The molecule has 27 heavy (non-hydrogen) atoms. The van der Waals surface area contributed by atoms with Gasteiger partial charge in [0.25, 0.3) is 0 Å². The van der Waals surface area contributed by atoms with Crippen LogP contribution in [0.2, 0.25) is 0 Å². The van der Waals surface area contributed by atoms with Crippen molar-refractivity contribution in [3.8, 4) is 5.88 Å². The normalized spacial score (nSPS) is 21.1. The van der Waals surface area contributed by atoms with Gasteiger partial charge in [0.2, 0.25) is 5.88 Å². The van der Waals surface area contributed by atoms with Gasteiger partial charge in [-0.15, -0.1) is 0 Å². The fourth-order valence-electron chi connectivity index (χ4n) is 3.17. The number of hydrogen-bond donors (Lipinski definition) is 1. The lowest BCUT2D eigenvalue weighted by atomic mass is 10.2. The number of ether oxygens (including phenoxy) is 2. The van der Waals surface area contributed by atoms with Crippen LogP contribution in [0.15, 0.2) is 34.8 Å². The van der Waals surface area contributed by atoms with Gasteiger partial charge in [0.05, 0.1) is 24.8 Å². The Labute approximate surface area is 169 Å². The van der Waals surface area contributed by atoms with Crippen LogP contribution in [-0.4, -0.2) is 85.6 Å². The maximum atomic E-state index is 8.86. The highest BCUT2D eigenvalue weighted by atomic mass is 79.9. The molecule has 7 heteroatoms. The summed E-state index contributed by atoms with van der Waals surface area (Å²) in [5.74, 6) is 0.688. The second kappa shape index (κ2) is 10.3. The molecule has 2 aliphatic heterocycles. The van der Waals surface area contributed by atoms with Gasteiger partial charge in [-0.25, -0.2) is 4.98 Å². The van der Waals surface area contributed by atoms with E-state index < -0.39 is 0 Å². The molecular formula is C20H28BrN3O3. The lowest BCUT2D eigenvalue weighted by Crippen LogP contribution is -2.38. The van der Waals surface area contributed by atoms with Crippen LogP contribution in [0.5, 0.6) is 5.88 Å². The zero-order chi connectivity index (χ0) is 19.1. The molecule has 0 unspecified atom stereocenters. The van der Waals surface area contributed by atoms with Crippen LogP contribution < -0.4 is 4.74 Å². The number of fused-ring (bicyclic) bond motifs is 1. The Hall–Kier alpha value is -1.25. The number of hydrogen-bond acceptors (Lipinski definition) is 6. The summed E-state index contributed by atoms with van der Waals surface area (Å²) >= 11 is 3.46. The van der Waals surface area contributed by atoms with E-state index in [9.17, 15) is 0 Å². The number of nitrogens with zero attached hydrogens (tertiary/aromatic N) is 3. The van der Waals surface area contributed by atoms with E-state index in [0.717, 1.165) is 67.7 Å². The average Bonchev–Trinajstić information content (AvgIpc) is 3.06. The number of benzene rings is 1. The molecule has 2 fully saturated rings. The standard InChI is InChI=1S/C15H17BrN2O2.C5H11NO/c16-13-2-3-14-12(11-13)1-4-15(17-14)20-10-7-18-5-8-19-9-6-18;1-6-3-2-5(7)4-6/h1-4,11H,5-10H2;5,7H,2-4H2,1H3/t;5-/m.1/s1. The second-order valence-corrected chi connectivity index (χ2v) is 7.91. The molecule has 0 bridgehead atoms. The maximum Gasteiger partial charge on any atom is 0.213 e. The van der Waals surface area contributed by atoms with Crippen LogP contribution in [0.25, 0.3) is 10.9 Å². The van der Waals surface area contributed by atoms with Gasteiger partial charge in [-0.05, 0) is 37.7 Å². The summed E-state index contributed by atoms with van der Waals surface area (Å²) in [7, 11) is 2.02. The van der Waals surface area contributed by atoms with E-state index >= 15 is 0 Å². The number of β-amino-alcohol motifs (C(OH)–C–C–N with tert-alkyl or cyclic N) is 1. The third-order valence-electron chi connectivity index (χ3n) is 4.75.